The first-order valence-electron chi connectivity index (χ1n) is 8.55. The summed E-state index contributed by atoms with van der Waals surface area (Å²) in [5, 5.41) is 3.10. The quantitative estimate of drug-likeness (QED) is 0.345. The van der Waals surface area contributed by atoms with Crippen LogP contribution in [0.3, 0.4) is 0 Å². The van der Waals surface area contributed by atoms with Crippen LogP contribution in [0.5, 0.6) is 0 Å². The van der Waals surface area contributed by atoms with Crippen LogP contribution in [0.2, 0.25) is 0 Å². The monoisotopic (exact) mass is 482 g/mol. The zero-order valence-electron chi connectivity index (χ0n) is 15.4. The Morgan fingerprint density at radius 1 is 1.40 bits per heavy atom. The number of thiazole rings is 1. The van der Waals surface area contributed by atoms with Crippen molar-refractivity contribution in [2.75, 3.05) is 64.9 Å². The van der Waals surface area contributed by atoms with Crippen molar-refractivity contribution in [2.45, 2.75) is 19.4 Å². The van der Waals surface area contributed by atoms with Gasteiger partial charge in [0.1, 0.15) is 0 Å². The molecule has 0 radical (unpaired) electrons. The lowest BCUT2D eigenvalue weighted by atomic mass is 10.2. The number of guanidine groups is 1. The lowest BCUT2D eigenvalue weighted by molar-refractivity contribution is 0.0581. The molecule has 1 unspecified atom stereocenters. The van der Waals surface area contributed by atoms with Crippen LogP contribution in [-0.2, 0) is 4.74 Å². The van der Waals surface area contributed by atoms with Gasteiger partial charge in [0.25, 0.3) is 0 Å². The first kappa shape index (κ1) is 22.4. The van der Waals surface area contributed by atoms with Crippen molar-refractivity contribution < 1.29 is 4.74 Å². The molecule has 0 aromatic carbocycles. The number of nitrogens with zero attached hydrogens (tertiary/aromatic N) is 5. The molecule has 2 rings (SSSR count). The molecule has 2 N–H and O–H groups in total. The van der Waals surface area contributed by atoms with Crippen LogP contribution in [0.15, 0.2) is 16.6 Å². The second-order valence-corrected chi connectivity index (χ2v) is 7.03. The van der Waals surface area contributed by atoms with Crippen LogP contribution in [0.4, 0.5) is 5.13 Å². The van der Waals surface area contributed by atoms with Crippen molar-refractivity contribution >= 4 is 46.4 Å². The summed E-state index contributed by atoms with van der Waals surface area (Å²) in [6, 6.07) is 0. The highest BCUT2D eigenvalue weighted by Gasteiger charge is 2.20. The average Bonchev–Trinajstić information content (AvgIpc) is 3.11. The van der Waals surface area contributed by atoms with Crippen molar-refractivity contribution in [2.24, 2.45) is 10.7 Å². The van der Waals surface area contributed by atoms with Crippen molar-refractivity contribution in [3.05, 3.63) is 11.6 Å². The van der Waals surface area contributed by atoms with Crippen molar-refractivity contribution in [1.82, 2.24) is 14.8 Å². The van der Waals surface area contributed by atoms with Gasteiger partial charge in [0.05, 0.1) is 12.6 Å². The number of halogens is 1. The normalized spacial score (nSPS) is 16.9. The Morgan fingerprint density at radius 3 is 2.68 bits per heavy atom. The summed E-state index contributed by atoms with van der Waals surface area (Å²) in [5.74, 6) is 0.628. The molecule has 0 saturated carbocycles. The van der Waals surface area contributed by atoms with Gasteiger partial charge in [-0.05, 0) is 27.4 Å². The highest BCUT2D eigenvalue weighted by molar-refractivity contribution is 14.0. The summed E-state index contributed by atoms with van der Waals surface area (Å²) in [6.07, 6.45) is 2.95. The standard InChI is InChI=1S/C16H30N6OS.HI/c1-4-23-14(5-7-20(2)3)13-19-15(17)21-8-10-22(11-9-21)16-18-6-12-24-16;/h6,12,14H,4-5,7-11,13H2,1-3H3,(H2,17,19);1H. The molecule has 144 valence electrons. The zero-order valence-corrected chi connectivity index (χ0v) is 18.6. The molecule has 1 atom stereocenters. The van der Waals surface area contributed by atoms with E-state index in [2.05, 4.69) is 38.8 Å². The summed E-state index contributed by atoms with van der Waals surface area (Å²) in [7, 11) is 4.14. The molecular weight excluding hydrogens is 451 g/mol. The Hall–Kier alpha value is -0.650. The summed E-state index contributed by atoms with van der Waals surface area (Å²) in [6.45, 7) is 7.97. The maximum Gasteiger partial charge on any atom is 0.191 e. The molecule has 0 bridgehead atoms. The van der Waals surface area contributed by atoms with E-state index in [-0.39, 0.29) is 30.1 Å². The SMILES string of the molecule is CCOC(CCN(C)C)CN=C(N)N1CCN(c2nccs2)CC1.I. The Labute approximate surface area is 172 Å². The van der Waals surface area contributed by atoms with Crippen LogP contribution in [0, 0.1) is 0 Å². The highest BCUT2D eigenvalue weighted by atomic mass is 127. The minimum Gasteiger partial charge on any atom is -0.377 e. The van der Waals surface area contributed by atoms with Gasteiger partial charge >= 0.3 is 0 Å². The largest absolute Gasteiger partial charge is 0.377 e. The van der Waals surface area contributed by atoms with Crippen molar-refractivity contribution in [1.29, 1.82) is 0 Å². The second kappa shape index (κ2) is 11.9. The van der Waals surface area contributed by atoms with E-state index in [0.717, 1.165) is 44.3 Å². The Morgan fingerprint density at radius 2 is 2.12 bits per heavy atom. The zero-order chi connectivity index (χ0) is 17.4. The number of piperazine rings is 1. The molecule has 1 aliphatic rings. The molecule has 0 amide bonds. The first-order valence-corrected chi connectivity index (χ1v) is 9.43. The molecule has 1 fully saturated rings. The van der Waals surface area contributed by atoms with Gasteiger partial charge in [-0.3, -0.25) is 4.99 Å². The number of ether oxygens (including phenoxy) is 1. The lowest BCUT2D eigenvalue weighted by Gasteiger charge is -2.35. The maximum atomic E-state index is 6.19. The average molecular weight is 482 g/mol. The fourth-order valence-electron chi connectivity index (χ4n) is 2.66. The van der Waals surface area contributed by atoms with Gasteiger partial charge in [0, 0.05) is 50.9 Å². The molecule has 7 nitrogen and oxygen atoms in total. The van der Waals surface area contributed by atoms with E-state index in [4.69, 9.17) is 10.5 Å². The number of hydrogen-bond donors (Lipinski definition) is 1. The van der Waals surface area contributed by atoms with E-state index < -0.39 is 0 Å². The third-order valence-corrected chi connectivity index (χ3v) is 4.88. The Balaban J connectivity index is 0.00000312. The second-order valence-electron chi connectivity index (χ2n) is 6.16. The first-order chi connectivity index (χ1) is 11.6. The van der Waals surface area contributed by atoms with Gasteiger partial charge < -0.3 is 25.2 Å². The van der Waals surface area contributed by atoms with Crippen LogP contribution < -0.4 is 10.6 Å². The maximum absolute atomic E-state index is 6.19. The fraction of sp³-hybridized carbons (Fsp3) is 0.750. The van der Waals surface area contributed by atoms with Gasteiger partial charge in [-0.1, -0.05) is 0 Å². The van der Waals surface area contributed by atoms with Crippen LogP contribution in [0.25, 0.3) is 0 Å². The fourth-order valence-corrected chi connectivity index (χ4v) is 3.36. The van der Waals surface area contributed by atoms with Gasteiger partial charge in [-0.2, -0.15) is 0 Å². The van der Waals surface area contributed by atoms with E-state index in [0.29, 0.717) is 19.1 Å². The summed E-state index contributed by atoms with van der Waals surface area (Å²) in [5.41, 5.74) is 6.19. The van der Waals surface area contributed by atoms with E-state index in [1.54, 1.807) is 11.3 Å². The summed E-state index contributed by atoms with van der Waals surface area (Å²) in [4.78, 5) is 15.6. The predicted molar refractivity (Wildman–Crippen MR) is 116 cm³/mol. The predicted octanol–water partition coefficient (Wildman–Crippen LogP) is 1.55. The smallest absolute Gasteiger partial charge is 0.191 e. The van der Waals surface area contributed by atoms with Crippen molar-refractivity contribution in [3.63, 3.8) is 0 Å². The molecule has 9 heteroatoms. The van der Waals surface area contributed by atoms with Crippen LogP contribution in [-0.4, -0.2) is 86.8 Å². The molecule has 0 spiro atoms. The van der Waals surface area contributed by atoms with E-state index in [1.807, 2.05) is 18.5 Å². The molecule has 1 aromatic rings. The Kier molecular flexibility index (Phi) is 10.6. The molecule has 25 heavy (non-hydrogen) atoms. The number of anilines is 1. The number of rotatable bonds is 8. The third-order valence-electron chi connectivity index (χ3n) is 4.05. The number of nitrogens with two attached hydrogens (primary N) is 1. The molecule has 0 aliphatic carbocycles. The minimum atomic E-state index is 0. The highest BCUT2D eigenvalue weighted by Crippen LogP contribution is 2.18. The van der Waals surface area contributed by atoms with Gasteiger partial charge in [0.15, 0.2) is 11.1 Å². The summed E-state index contributed by atoms with van der Waals surface area (Å²) < 4.78 is 5.77. The molecular formula is C16H31IN6OS. The summed E-state index contributed by atoms with van der Waals surface area (Å²) >= 11 is 1.68. The van der Waals surface area contributed by atoms with Crippen LogP contribution in [0.1, 0.15) is 13.3 Å². The van der Waals surface area contributed by atoms with E-state index >= 15 is 0 Å². The minimum absolute atomic E-state index is 0. The number of aliphatic imine (C=N–C) groups is 1. The van der Waals surface area contributed by atoms with Crippen molar-refractivity contribution in [3.8, 4) is 0 Å². The van der Waals surface area contributed by atoms with Gasteiger partial charge in [0.2, 0.25) is 0 Å². The van der Waals surface area contributed by atoms with Crippen LogP contribution >= 0.6 is 35.3 Å². The molecule has 1 saturated heterocycles. The molecule has 1 aromatic heterocycles. The van der Waals surface area contributed by atoms with E-state index in [1.165, 1.54) is 0 Å². The third kappa shape index (κ3) is 7.63. The van der Waals surface area contributed by atoms with E-state index in [9.17, 15) is 0 Å². The lowest BCUT2D eigenvalue weighted by Crippen LogP contribution is -2.51. The number of aromatic nitrogens is 1. The van der Waals surface area contributed by atoms with Gasteiger partial charge in [-0.25, -0.2) is 4.98 Å². The molecule has 2 heterocycles. The Bertz CT molecular complexity index is 491. The van der Waals surface area contributed by atoms with Gasteiger partial charge in [-0.15, -0.1) is 35.3 Å². The topological polar surface area (TPSA) is 70.2 Å². The number of hydrogen-bond acceptors (Lipinski definition) is 6. The molecule has 1 aliphatic heterocycles.